The molecule has 0 spiro atoms. The summed E-state index contributed by atoms with van der Waals surface area (Å²) in [4.78, 5) is 22.4. The van der Waals surface area contributed by atoms with Crippen LogP contribution in [0.5, 0.6) is 0 Å². The number of carbonyl (C=O) groups is 1. The lowest BCUT2D eigenvalue weighted by Crippen LogP contribution is -2.42. The quantitative estimate of drug-likeness (QED) is 0.834. The fraction of sp³-hybridized carbons (Fsp3) is 0.357. The molecule has 2 heterocycles. The Morgan fingerprint density at radius 3 is 2.84 bits per heavy atom. The number of β-amino-alcohol motifs (C(OH)–C–C–N with tert-alkyl or cyclic N) is 1. The standard InChI is InChI=1S/C14H15N3O2/c18-11-2-1-7-17(9-11)14(19)10-3-4-12-13(8-10)16-6-5-15-12/h3-6,8,11,18H,1-2,7,9H2. The fourth-order valence-corrected chi connectivity index (χ4v) is 2.42. The summed E-state index contributed by atoms with van der Waals surface area (Å²) < 4.78 is 0. The van der Waals surface area contributed by atoms with Crippen molar-refractivity contribution in [1.29, 1.82) is 0 Å². The number of aromatic nitrogens is 2. The van der Waals surface area contributed by atoms with E-state index in [1.165, 1.54) is 0 Å². The molecule has 1 amide bonds. The molecule has 1 aliphatic rings. The molecule has 2 aromatic rings. The summed E-state index contributed by atoms with van der Waals surface area (Å²) in [5.41, 5.74) is 2.09. The summed E-state index contributed by atoms with van der Waals surface area (Å²) in [5.74, 6) is -0.0497. The highest BCUT2D eigenvalue weighted by molar-refractivity contribution is 5.97. The van der Waals surface area contributed by atoms with Crippen molar-refractivity contribution in [3.63, 3.8) is 0 Å². The molecule has 0 saturated carbocycles. The number of fused-ring (bicyclic) bond motifs is 1. The number of piperidine rings is 1. The van der Waals surface area contributed by atoms with Crippen molar-refractivity contribution in [1.82, 2.24) is 14.9 Å². The molecule has 1 aromatic heterocycles. The van der Waals surface area contributed by atoms with Crippen LogP contribution in [0.15, 0.2) is 30.6 Å². The molecule has 19 heavy (non-hydrogen) atoms. The molecule has 0 bridgehead atoms. The highest BCUT2D eigenvalue weighted by atomic mass is 16.3. The van der Waals surface area contributed by atoms with Crippen LogP contribution in [0.3, 0.4) is 0 Å². The normalized spacial score (nSPS) is 19.6. The van der Waals surface area contributed by atoms with Crippen LogP contribution in [0, 0.1) is 0 Å². The molecule has 1 unspecified atom stereocenters. The van der Waals surface area contributed by atoms with Crippen molar-refractivity contribution in [2.45, 2.75) is 18.9 Å². The van der Waals surface area contributed by atoms with Crippen molar-refractivity contribution in [2.24, 2.45) is 0 Å². The van der Waals surface area contributed by atoms with E-state index in [4.69, 9.17) is 0 Å². The van der Waals surface area contributed by atoms with E-state index in [-0.39, 0.29) is 5.91 Å². The summed E-state index contributed by atoms with van der Waals surface area (Å²) in [6, 6.07) is 5.32. The van der Waals surface area contributed by atoms with Crippen molar-refractivity contribution in [2.75, 3.05) is 13.1 Å². The number of nitrogens with zero attached hydrogens (tertiary/aromatic N) is 3. The maximum Gasteiger partial charge on any atom is 0.254 e. The van der Waals surface area contributed by atoms with Crippen LogP contribution in [0.25, 0.3) is 11.0 Å². The van der Waals surface area contributed by atoms with E-state index in [0.717, 1.165) is 18.4 Å². The average Bonchev–Trinajstić information content (AvgIpc) is 2.46. The van der Waals surface area contributed by atoms with E-state index in [9.17, 15) is 9.90 Å². The van der Waals surface area contributed by atoms with Gasteiger partial charge in [-0.15, -0.1) is 0 Å². The van der Waals surface area contributed by atoms with Crippen molar-refractivity contribution in [3.05, 3.63) is 36.2 Å². The monoisotopic (exact) mass is 257 g/mol. The van der Waals surface area contributed by atoms with Gasteiger partial charge in [-0.1, -0.05) is 0 Å². The Morgan fingerprint density at radius 1 is 1.26 bits per heavy atom. The van der Waals surface area contributed by atoms with Gasteiger partial charge in [-0.2, -0.15) is 0 Å². The first kappa shape index (κ1) is 12.0. The lowest BCUT2D eigenvalue weighted by Gasteiger charge is -2.30. The van der Waals surface area contributed by atoms with Gasteiger partial charge in [0.1, 0.15) is 0 Å². The van der Waals surface area contributed by atoms with Gasteiger partial charge in [0, 0.05) is 31.0 Å². The molecule has 1 N–H and O–H groups in total. The highest BCUT2D eigenvalue weighted by Crippen LogP contribution is 2.16. The molecule has 3 rings (SSSR count). The molecule has 98 valence electrons. The number of benzene rings is 1. The second-order valence-electron chi connectivity index (χ2n) is 4.81. The van der Waals surface area contributed by atoms with Crippen LogP contribution >= 0.6 is 0 Å². The van der Waals surface area contributed by atoms with E-state index in [0.29, 0.717) is 24.2 Å². The number of hydrogen-bond donors (Lipinski definition) is 1. The van der Waals surface area contributed by atoms with Gasteiger partial charge in [0.15, 0.2) is 0 Å². The molecule has 1 fully saturated rings. The summed E-state index contributed by atoms with van der Waals surface area (Å²) >= 11 is 0. The predicted octanol–water partition coefficient (Wildman–Crippen LogP) is 1.23. The van der Waals surface area contributed by atoms with Crippen LogP contribution in [0.2, 0.25) is 0 Å². The second-order valence-corrected chi connectivity index (χ2v) is 4.81. The number of likely N-dealkylation sites (tertiary alicyclic amines) is 1. The molecule has 0 aliphatic carbocycles. The molecular weight excluding hydrogens is 242 g/mol. The van der Waals surface area contributed by atoms with Gasteiger partial charge in [-0.3, -0.25) is 14.8 Å². The average molecular weight is 257 g/mol. The minimum Gasteiger partial charge on any atom is -0.391 e. The number of aliphatic hydroxyl groups is 1. The number of hydrogen-bond acceptors (Lipinski definition) is 4. The van der Waals surface area contributed by atoms with Crippen molar-refractivity contribution in [3.8, 4) is 0 Å². The van der Waals surface area contributed by atoms with Gasteiger partial charge in [0.05, 0.1) is 17.1 Å². The summed E-state index contributed by atoms with van der Waals surface area (Å²) in [5, 5.41) is 9.63. The van der Waals surface area contributed by atoms with Gasteiger partial charge in [-0.25, -0.2) is 0 Å². The van der Waals surface area contributed by atoms with Gasteiger partial charge >= 0.3 is 0 Å². The molecule has 1 saturated heterocycles. The zero-order valence-corrected chi connectivity index (χ0v) is 10.5. The maximum absolute atomic E-state index is 12.4. The van der Waals surface area contributed by atoms with Crippen LogP contribution in [-0.2, 0) is 0 Å². The number of amides is 1. The first-order valence-corrected chi connectivity index (χ1v) is 6.42. The van der Waals surface area contributed by atoms with E-state index < -0.39 is 6.10 Å². The molecule has 1 aromatic carbocycles. The molecular formula is C14H15N3O2. The third-order valence-corrected chi connectivity index (χ3v) is 3.40. The molecule has 5 nitrogen and oxygen atoms in total. The SMILES string of the molecule is O=C(c1ccc2nccnc2c1)N1CCCC(O)C1. The van der Waals surface area contributed by atoms with Crippen molar-refractivity contribution < 1.29 is 9.90 Å². The Hall–Kier alpha value is -2.01. The predicted molar refractivity (Wildman–Crippen MR) is 70.7 cm³/mol. The third kappa shape index (κ3) is 2.42. The molecule has 5 heteroatoms. The lowest BCUT2D eigenvalue weighted by atomic mass is 10.1. The van der Waals surface area contributed by atoms with Crippen molar-refractivity contribution >= 4 is 16.9 Å². The van der Waals surface area contributed by atoms with Crippen LogP contribution < -0.4 is 0 Å². The third-order valence-electron chi connectivity index (χ3n) is 3.40. The Kier molecular flexibility index (Phi) is 3.13. The van der Waals surface area contributed by atoms with E-state index >= 15 is 0 Å². The fourth-order valence-electron chi connectivity index (χ4n) is 2.42. The zero-order chi connectivity index (χ0) is 13.2. The zero-order valence-electron chi connectivity index (χ0n) is 10.5. The van der Waals surface area contributed by atoms with Gasteiger partial charge in [-0.05, 0) is 31.0 Å². The van der Waals surface area contributed by atoms with E-state index in [1.54, 1.807) is 35.5 Å². The van der Waals surface area contributed by atoms with E-state index in [1.807, 2.05) is 0 Å². The first-order chi connectivity index (χ1) is 9.24. The summed E-state index contributed by atoms with van der Waals surface area (Å²) in [6.07, 6.45) is 4.46. The molecule has 1 aliphatic heterocycles. The lowest BCUT2D eigenvalue weighted by molar-refractivity contribution is 0.0474. The van der Waals surface area contributed by atoms with Gasteiger partial charge in [0.25, 0.3) is 5.91 Å². The molecule has 1 atom stereocenters. The summed E-state index contributed by atoms with van der Waals surface area (Å²) in [7, 11) is 0. The number of aliphatic hydroxyl groups excluding tert-OH is 1. The Labute approximate surface area is 110 Å². The Balaban J connectivity index is 1.88. The van der Waals surface area contributed by atoms with Crippen LogP contribution in [0.4, 0.5) is 0 Å². The Morgan fingerprint density at radius 2 is 2.05 bits per heavy atom. The minimum atomic E-state index is -0.405. The molecule has 0 radical (unpaired) electrons. The Bertz CT molecular complexity index is 614. The van der Waals surface area contributed by atoms with E-state index in [2.05, 4.69) is 9.97 Å². The van der Waals surface area contributed by atoms with Crippen LogP contribution in [0.1, 0.15) is 23.2 Å². The smallest absolute Gasteiger partial charge is 0.254 e. The topological polar surface area (TPSA) is 66.3 Å². The highest BCUT2D eigenvalue weighted by Gasteiger charge is 2.23. The largest absolute Gasteiger partial charge is 0.391 e. The van der Waals surface area contributed by atoms with Gasteiger partial charge in [0.2, 0.25) is 0 Å². The number of carbonyl (C=O) groups excluding carboxylic acids is 1. The maximum atomic E-state index is 12.4. The second kappa shape index (κ2) is 4.93. The van der Waals surface area contributed by atoms with Gasteiger partial charge < -0.3 is 10.0 Å². The van der Waals surface area contributed by atoms with Crippen LogP contribution in [-0.4, -0.2) is 45.1 Å². The number of rotatable bonds is 1. The summed E-state index contributed by atoms with van der Waals surface area (Å²) in [6.45, 7) is 1.12. The first-order valence-electron chi connectivity index (χ1n) is 6.42. The minimum absolute atomic E-state index is 0.0497.